The van der Waals surface area contributed by atoms with Crippen LogP contribution < -0.4 is 4.31 Å². The second-order valence-electron chi connectivity index (χ2n) is 6.29. The smallest absolute Gasteiger partial charge is 0.243 e. The minimum absolute atomic E-state index is 0.0597. The molecule has 0 N–H and O–H groups in total. The van der Waals surface area contributed by atoms with Crippen molar-refractivity contribution >= 4 is 31.5 Å². The van der Waals surface area contributed by atoms with Crippen molar-refractivity contribution in [3.63, 3.8) is 0 Å². The zero-order valence-electron chi connectivity index (χ0n) is 14.7. The molecule has 9 heteroatoms. The first-order valence-electron chi connectivity index (χ1n) is 8.08. The average molecular weight is 389 g/mol. The lowest BCUT2D eigenvalue weighted by molar-refractivity contribution is -0.131. The molecule has 1 aliphatic rings. The summed E-state index contributed by atoms with van der Waals surface area (Å²) in [5.74, 6) is -0.386. The maximum atomic E-state index is 12.7. The molecule has 7 nitrogen and oxygen atoms in total. The minimum Gasteiger partial charge on any atom is -0.337 e. The molecular weight excluding hydrogens is 364 g/mol. The highest BCUT2D eigenvalue weighted by Crippen LogP contribution is 2.23. The van der Waals surface area contributed by atoms with E-state index < -0.39 is 25.8 Å². The number of sulfonamides is 1. The van der Waals surface area contributed by atoms with E-state index in [9.17, 15) is 21.6 Å². The van der Waals surface area contributed by atoms with E-state index in [4.69, 9.17) is 0 Å². The van der Waals surface area contributed by atoms with Gasteiger partial charge in [-0.25, -0.2) is 16.8 Å². The second kappa shape index (κ2) is 7.33. The lowest BCUT2D eigenvalue weighted by atomic mass is 10.2. The van der Waals surface area contributed by atoms with Crippen LogP contribution in [0.5, 0.6) is 0 Å². The Morgan fingerprint density at radius 1 is 1.28 bits per heavy atom. The Morgan fingerprint density at radius 2 is 1.92 bits per heavy atom. The number of amides is 1. The molecule has 1 aliphatic heterocycles. The second-order valence-corrected chi connectivity index (χ2v) is 10.4. The zero-order chi connectivity index (χ0) is 18.8. The molecule has 140 valence electrons. The number of anilines is 1. The number of sulfone groups is 1. The van der Waals surface area contributed by atoms with Crippen LogP contribution in [0.15, 0.2) is 24.3 Å². The number of carbonyl (C=O) groups is 1. The minimum atomic E-state index is -3.66. The maximum Gasteiger partial charge on any atom is 0.243 e. The first kappa shape index (κ1) is 19.7. The van der Waals surface area contributed by atoms with Gasteiger partial charge in [0.25, 0.3) is 0 Å². The number of para-hydroxylation sites is 1. The van der Waals surface area contributed by atoms with Gasteiger partial charge in [-0.05, 0) is 31.9 Å². The fourth-order valence-corrected chi connectivity index (χ4v) is 5.74. The van der Waals surface area contributed by atoms with E-state index in [1.807, 2.05) is 0 Å². The predicted molar refractivity (Wildman–Crippen MR) is 97.8 cm³/mol. The van der Waals surface area contributed by atoms with Crippen molar-refractivity contribution in [3.05, 3.63) is 29.8 Å². The normalized spacial score (nSPS) is 19.6. The topological polar surface area (TPSA) is 91.8 Å². The summed E-state index contributed by atoms with van der Waals surface area (Å²) >= 11 is 0. The zero-order valence-corrected chi connectivity index (χ0v) is 16.3. The molecule has 1 fully saturated rings. The number of nitrogens with zero attached hydrogens (tertiary/aromatic N) is 2. The molecule has 1 saturated heterocycles. The summed E-state index contributed by atoms with van der Waals surface area (Å²) < 4.78 is 48.9. The van der Waals surface area contributed by atoms with Gasteiger partial charge in [0.15, 0.2) is 9.84 Å². The number of carbonyl (C=O) groups excluding carboxylic acids is 1. The van der Waals surface area contributed by atoms with Crippen molar-refractivity contribution in [2.75, 3.05) is 35.2 Å². The van der Waals surface area contributed by atoms with Gasteiger partial charge in [0.2, 0.25) is 15.9 Å². The third kappa shape index (κ3) is 4.72. The highest BCUT2D eigenvalue weighted by Gasteiger charge is 2.35. The standard InChI is InChI=1S/C16H24N2O5S2/c1-4-17(14-9-10-25(22,23)12-14)16(19)11-18(24(3,20)21)15-8-6-5-7-13(15)2/h5-8,14H,4,9-12H2,1-3H3. The summed E-state index contributed by atoms with van der Waals surface area (Å²) in [6.45, 7) is 3.54. The van der Waals surface area contributed by atoms with Crippen molar-refractivity contribution in [1.29, 1.82) is 0 Å². The molecule has 0 spiro atoms. The van der Waals surface area contributed by atoms with Crippen LogP contribution in [0.4, 0.5) is 5.69 Å². The molecule has 1 aromatic carbocycles. The third-order valence-corrected chi connectivity index (χ3v) is 7.25. The number of benzene rings is 1. The van der Waals surface area contributed by atoms with E-state index >= 15 is 0 Å². The van der Waals surface area contributed by atoms with Crippen molar-refractivity contribution in [2.24, 2.45) is 0 Å². The fraction of sp³-hybridized carbons (Fsp3) is 0.562. The van der Waals surface area contributed by atoms with Crippen LogP contribution in [-0.2, 0) is 24.7 Å². The number of likely N-dealkylation sites (N-methyl/N-ethyl adjacent to an activating group) is 1. The van der Waals surface area contributed by atoms with Gasteiger partial charge in [0.1, 0.15) is 6.54 Å². The summed E-state index contributed by atoms with van der Waals surface area (Å²) in [6.07, 6.45) is 1.45. The summed E-state index contributed by atoms with van der Waals surface area (Å²) in [5, 5.41) is 0. The quantitative estimate of drug-likeness (QED) is 0.719. The van der Waals surface area contributed by atoms with E-state index in [2.05, 4.69) is 0 Å². The molecule has 0 bridgehead atoms. The largest absolute Gasteiger partial charge is 0.337 e. The third-order valence-electron chi connectivity index (χ3n) is 4.37. The number of hydrogen-bond acceptors (Lipinski definition) is 5. The highest BCUT2D eigenvalue weighted by molar-refractivity contribution is 7.92. The van der Waals surface area contributed by atoms with Gasteiger partial charge in [-0.2, -0.15) is 0 Å². The lowest BCUT2D eigenvalue weighted by Gasteiger charge is -2.30. The van der Waals surface area contributed by atoms with Crippen molar-refractivity contribution in [3.8, 4) is 0 Å². The van der Waals surface area contributed by atoms with Crippen LogP contribution in [0.2, 0.25) is 0 Å². The molecule has 0 radical (unpaired) electrons. The molecule has 0 saturated carbocycles. The van der Waals surface area contributed by atoms with Gasteiger partial charge in [0, 0.05) is 12.6 Å². The van der Waals surface area contributed by atoms with Crippen LogP contribution in [-0.4, -0.2) is 64.5 Å². The molecule has 25 heavy (non-hydrogen) atoms. The summed E-state index contributed by atoms with van der Waals surface area (Å²) in [7, 11) is -6.78. The molecule has 0 aromatic heterocycles. The molecule has 1 unspecified atom stereocenters. The molecule has 1 aromatic rings. The van der Waals surface area contributed by atoms with Crippen LogP contribution in [0.3, 0.4) is 0 Å². The number of rotatable bonds is 6. The van der Waals surface area contributed by atoms with Crippen molar-refractivity contribution < 1.29 is 21.6 Å². The van der Waals surface area contributed by atoms with Gasteiger partial charge in [0.05, 0.1) is 23.4 Å². The van der Waals surface area contributed by atoms with Gasteiger partial charge >= 0.3 is 0 Å². The Hall–Kier alpha value is -1.61. The predicted octanol–water partition coefficient (Wildman–Crippen LogP) is 0.797. The first-order chi connectivity index (χ1) is 11.5. The molecule has 1 amide bonds. The van der Waals surface area contributed by atoms with Gasteiger partial charge < -0.3 is 4.90 Å². The SMILES string of the molecule is CCN(C(=O)CN(c1ccccc1C)S(C)(=O)=O)C1CCS(=O)(=O)C1. The summed E-state index contributed by atoms with van der Waals surface area (Å²) in [5.41, 5.74) is 1.20. The molecule has 1 atom stereocenters. The van der Waals surface area contributed by atoms with Crippen molar-refractivity contribution in [2.45, 2.75) is 26.3 Å². The van der Waals surface area contributed by atoms with E-state index in [0.717, 1.165) is 16.1 Å². The van der Waals surface area contributed by atoms with Crippen LogP contribution in [0.1, 0.15) is 18.9 Å². The molecule has 2 rings (SSSR count). The van der Waals surface area contributed by atoms with Crippen LogP contribution >= 0.6 is 0 Å². The Morgan fingerprint density at radius 3 is 2.40 bits per heavy atom. The Bertz CT molecular complexity index is 849. The fourth-order valence-electron chi connectivity index (χ4n) is 3.10. The van der Waals surface area contributed by atoms with Gasteiger partial charge in [-0.3, -0.25) is 9.10 Å². The Balaban J connectivity index is 2.26. The van der Waals surface area contributed by atoms with Crippen LogP contribution in [0.25, 0.3) is 0 Å². The van der Waals surface area contributed by atoms with Crippen LogP contribution in [0, 0.1) is 6.92 Å². The van der Waals surface area contributed by atoms with E-state index in [0.29, 0.717) is 18.7 Å². The Labute approximate surface area is 149 Å². The average Bonchev–Trinajstić information content (AvgIpc) is 2.85. The summed E-state index contributed by atoms with van der Waals surface area (Å²) in [4.78, 5) is 14.2. The monoisotopic (exact) mass is 388 g/mol. The molecule has 1 heterocycles. The highest BCUT2D eigenvalue weighted by atomic mass is 32.2. The Kier molecular flexibility index (Phi) is 5.78. The van der Waals surface area contributed by atoms with Crippen molar-refractivity contribution in [1.82, 2.24) is 4.90 Å². The van der Waals surface area contributed by atoms with Gasteiger partial charge in [-0.15, -0.1) is 0 Å². The van der Waals surface area contributed by atoms with E-state index in [1.54, 1.807) is 38.1 Å². The summed E-state index contributed by atoms with van der Waals surface area (Å²) in [6, 6.07) is 6.55. The molecular formula is C16H24N2O5S2. The number of aryl methyl sites for hydroxylation is 1. The molecule has 0 aliphatic carbocycles. The van der Waals surface area contributed by atoms with E-state index in [1.165, 1.54) is 4.90 Å². The first-order valence-corrected chi connectivity index (χ1v) is 11.8. The van der Waals surface area contributed by atoms with E-state index in [-0.39, 0.29) is 24.1 Å². The lowest BCUT2D eigenvalue weighted by Crippen LogP contribution is -2.47. The maximum absolute atomic E-state index is 12.7. The van der Waals surface area contributed by atoms with Gasteiger partial charge in [-0.1, -0.05) is 18.2 Å². The number of hydrogen-bond donors (Lipinski definition) is 0.